The molecule has 0 radical (unpaired) electrons. The summed E-state index contributed by atoms with van der Waals surface area (Å²) in [6.45, 7) is 0. The van der Waals surface area contributed by atoms with Crippen molar-refractivity contribution in [1.82, 2.24) is 20.3 Å². The third kappa shape index (κ3) is 4.26. The molecule has 2 N–H and O–H groups in total. The smallest absolute Gasteiger partial charge is 0.175 e. The average molecular weight is 482 g/mol. The van der Waals surface area contributed by atoms with E-state index in [2.05, 4.69) is 25.7 Å². The molecule has 0 atom stereocenters. The molecule has 5 rings (SSSR count). The van der Waals surface area contributed by atoms with Crippen molar-refractivity contribution >= 4 is 44.0 Å². The van der Waals surface area contributed by atoms with Crippen LogP contribution in [-0.2, 0) is 9.84 Å². The van der Waals surface area contributed by atoms with E-state index in [1.54, 1.807) is 42.6 Å². The summed E-state index contributed by atoms with van der Waals surface area (Å²) in [4.78, 5) is 4.60. The van der Waals surface area contributed by atoms with Gasteiger partial charge in [-0.3, -0.25) is 10.1 Å². The molecule has 5 aromatic rings. The molecule has 0 aliphatic rings. The third-order valence-corrected chi connectivity index (χ3v) is 6.27. The van der Waals surface area contributed by atoms with E-state index in [-0.39, 0.29) is 4.90 Å². The molecule has 2 aromatic carbocycles. The van der Waals surface area contributed by atoms with Crippen molar-refractivity contribution in [3.05, 3.63) is 72.1 Å². The van der Waals surface area contributed by atoms with E-state index >= 15 is 0 Å². The van der Waals surface area contributed by atoms with Crippen LogP contribution in [-0.4, -0.2) is 35.0 Å². The summed E-state index contributed by atoms with van der Waals surface area (Å²) in [5.74, 6) is 1.90. The van der Waals surface area contributed by atoms with Gasteiger partial charge in [0.25, 0.3) is 0 Å². The highest BCUT2D eigenvalue weighted by atomic mass is 35.5. The van der Waals surface area contributed by atoms with E-state index in [9.17, 15) is 8.42 Å². The minimum absolute atomic E-state index is 0.203. The highest BCUT2D eigenvalue weighted by Crippen LogP contribution is 2.38. The number of nitrogens with zero attached hydrogens (tertiary/aromatic N) is 3. The minimum atomic E-state index is -3.31. The fourth-order valence-electron chi connectivity index (χ4n) is 3.28. The van der Waals surface area contributed by atoms with Gasteiger partial charge < -0.3 is 14.6 Å². The second-order valence-electron chi connectivity index (χ2n) is 7.16. The Balaban J connectivity index is 1.62. The van der Waals surface area contributed by atoms with Crippen LogP contribution in [0.2, 0.25) is 5.02 Å². The second kappa shape index (κ2) is 8.23. The Labute approximate surface area is 193 Å². The Morgan fingerprint density at radius 2 is 1.94 bits per heavy atom. The monoisotopic (exact) mass is 481 g/mol. The number of ether oxygens (including phenoxy) is 1. The number of anilines is 2. The van der Waals surface area contributed by atoms with Crippen molar-refractivity contribution in [2.24, 2.45) is 0 Å². The fraction of sp³-hybridized carbons (Fsp3) is 0.0455. The van der Waals surface area contributed by atoms with Crippen LogP contribution >= 0.6 is 11.6 Å². The van der Waals surface area contributed by atoms with Gasteiger partial charge in [0, 0.05) is 29.5 Å². The van der Waals surface area contributed by atoms with Gasteiger partial charge in [-0.2, -0.15) is 5.10 Å². The number of benzene rings is 2. The lowest BCUT2D eigenvalue weighted by molar-refractivity contribution is 0.423. The molecule has 0 aliphatic heterocycles. The second-order valence-corrected chi connectivity index (χ2v) is 9.58. The number of rotatable bonds is 6. The maximum Gasteiger partial charge on any atom is 0.175 e. The molecular formula is C22H16ClN5O4S. The van der Waals surface area contributed by atoms with Crippen molar-refractivity contribution in [2.75, 3.05) is 11.6 Å². The van der Waals surface area contributed by atoms with Crippen LogP contribution in [0.15, 0.2) is 76.5 Å². The number of nitrogens with one attached hydrogen (secondary N) is 2. The molecule has 3 heterocycles. The highest BCUT2D eigenvalue weighted by molar-refractivity contribution is 7.90. The summed E-state index contributed by atoms with van der Waals surface area (Å²) >= 11 is 6.39. The SMILES string of the molecule is CS(=O)(=O)c1ccc(Oc2cc(-c3ncccc3Cl)cc3c(Nc4ccon4)n[nH]c23)cc1. The maximum atomic E-state index is 11.8. The number of fused-ring (bicyclic) bond motifs is 1. The first-order valence-electron chi connectivity index (χ1n) is 9.67. The number of hydrogen-bond acceptors (Lipinski definition) is 8. The van der Waals surface area contributed by atoms with Crippen molar-refractivity contribution < 1.29 is 17.7 Å². The van der Waals surface area contributed by atoms with E-state index in [1.807, 2.05) is 6.07 Å². The number of halogens is 1. The van der Waals surface area contributed by atoms with Gasteiger partial charge in [0.1, 0.15) is 17.5 Å². The van der Waals surface area contributed by atoms with Crippen LogP contribution in [0.4, 0.5) is 11.6 Å². The van der Waals surface area contributed by atoms with Crippen LogP contribution < -0.4 is 10.1 Å². The number of pyridine rings is 1. The van der Waals surface area contributed by atoms with E-state index in [0.29, 0.717) is 50.3 Å². The van der Waals surface area contributed by atoms with Gasteiger partial charge in [0.2, 0.25) is 0 Å². The molecule has 33 heavy (non-hydrogen) atoms. The molecule has 0 saturated carbocycles. The molecule has 0 unspecified atom stereocenters. The topological polar surface area (TPSA) is 123 Å². The van der Waals surface area contributed by atoms with Gasteiger partial charge in [-0.05, 0) is 48.5 Å². The van der Waals surface area contributed by atoms with Crippen molar-refractivity contribution in [1.29, 1.82) is 0 Å². The Morgan fingerprint density at radius 1 is 1.12 bits per heavy atom. The van der Waals surface area contributed by atoms with Crippen LogP contribution in [0.25, 0.3) is 22.2 Å². The number of hydrogen-bond donors (Lipinski definition) is 2. The first kappa shape index (κ1) is 21.0. The normalized spacial score (nSPS) is 11.6. The molecule has 9 nitrogen and oxygen atoms in total. The average Bonchev–Trinajstić information content (AvgIpc) is 3.45. The lowest BCUT2D eigenvalue weighted by Gasteiger charge is -2.11. The molecule has 0 spiro atoms. The molecule has 3 aromatic heterocycles. The van der Waals surface area contributed by atoms with E-state index < -0.39 is 9.84 Å². The van der Waals surface area contributed by atoms with Crippen molar-refractivity contribution in [3.63, 3.8) is 0 Å². The number of aromatic amines is 1. The summed E-state index contributed by atoms with van der Waals surface area (Å²) in [7, 11) is -3.31. The van der Waals surface area contributed by atoms with Gasteiger partial charge in [-0.25, -0.2) is 8.42 Å². The zero-order valence-electron chi connectivity index (χ0n) is 17.1. The zero-order valence-corrected chi connectivity index (χ0v) is 18.7. The fourth-order valence-corrected chi connectivity index (χ4v) is 4.14. The lowest BCUT2D eigenvalue weighted by Crippen LogP contribution is -1.96. The Bertz CT molecular complexity index is 1550. The van der Waals surface area contributed by atoms with Gasteiger partial charge in [0.05, 0.1) is 15.6 Å². The van der Waals surface area contributed by atoms with Gasteiger partial charge >= 0.3 is 0 Å². The number of sulfone groups is 1. The van der Waals surface area contributed by atoms with E-state index in [1.165, 1.54) is 18.4 Å². The number of aromatic nitrogens is 4. The Kier molecular flexibility index (Phi) is 5.23. The van der Waals surface area contributed by atoms with E-state index in [0.717, 1.165) is 6.26 Å². The first-order valence-corrected chi connectivity index (χ1v) is 11.9. The van der Waals surface area contributed by atoms with Gasteiger partial charge in [-0.1, -0.05) is 16.8 Å². The molecule has 0 bridgehead atoms. The summed E-state index contributed by atoms with van der Waals surface area (Å²) in [6.07, 6.45) is 4.26. The minimum Gasteiger partial charge on any atom is -0.455 e. The predicted molar refractivity (Wildman–Crippen MR) is 124 cm³/mol. The summed E-state index contributed by atoms with van der Waals surface area (Å²) in [6, 6.07) is 15.0. The summed E-state index contributed by atoms with van der Waals surface area (Å²) < 4.78 is 34.5. The maximum absolute atomic E-state index is 11.8. The van der Waals surface area contributed by atoms with E-state index in [4.69, 9.17) is 20.9 Å². The van der Waals surface area contributed by atoms with Crippen LogP contribution in [0.3, 0.4) is 0 Å². The Hall–Kier alpha value is -3.89. The number of H-pyrrole nitrogens is 1. The van der Waals surface area contributed by atoms with Crippen molar-refractivity contribution in [2.45, 2.75) is 4.90 Å². The molecule has 0 aliphatic carbocycles. The van der Waals surface area contributed by atoms with Crippen LogP contribution in [0.1, 0.15) is 0 Å². The third-order valence-electron chi connectivity index (χ3n) is 4.83. The summed E-state index contributed by atoms with van der Waals surface area (Å²) in [5.41, 5.74) is 1.90. The lowest BCUT2D eigenvalue weighted by atomic mass is 10.1. The molecule has 11 heteroatoms. The standard InChI is InChI=1S/C22H16ClN5O4S/c1-33(29,30)15-6-4-14(5-7-15)32-18-12-13(20-17(23)3-2-9-24-20)11-16-21(18)26-27-22(16)25-19-8-10-31-28-19/h2-12H,1H3,(H2,25,26,27,28). The van der Waals surface area contributed by atoms with Crippen molar-refractivity contribution in [3.8, 4) is 22.8 Å². The zero-order chi connectivity index (χ0) is 23.0. The highest BCUT2D eigenvalue weighted by Gasteiger charge is 2.17. The van der Waals surface area contributed by atoms with Gasteiger partial charge in [0.15, 0.2) is 27.2 Å². The molecule has 166 valence electrons. The summed E-state index contributed by atoms with van der Waals surface area (Å²) in [5, 5.41) is 15.5. The predicted octanol–water partition coefficient (Wildman–Crippen LogP) is 5.21. The van der Waals surface area contributed by atoms with Crippen LogP contribution in [0.5, 0.6) is 11.5 Å². The molecule has 0 fully saturated rings. The van der Waals surface area contributed by atoms with Gasteiger partial charge in [-0.15, -0.1) is 0 Å². The molecule has 0 saturated heterocycles. The quantitative estimate of drug-likeness (QED) is 0.339. The molecule has 0 amide bonds. The molecular weight excluding hydrogens is 466 g/mol. The van der Waals surface area contributed by atoms with Crippen LogP contribution in [0, 0.1) is 0 Å². The Morgan fingerprint density at radius 3 is 2.64 bits per heavy atom. The largest absolute Gasteiger partial charge is 0.455 e. The first-order chi connectivity index (χ1) is 15.9.